The Hall–Kier alpha value is -1.16. The molecule has 2 atom stereocenters. The van der Waals surface area contributed by atoms with E-state index in [0.29, 0.717) is 6.42 Å². The zero-order chi connectivity index (χ0) is 15.5. The summed E-state index contributed by atoms with van der Waals surface area (Å²) in [7, 11) is 1.54. The van der Waals surface area contributed by atoms with E-state index in [1.807, 2.05) is 6.92 Å². The van der Waals surface area contributed by atoms with E-state index in [-0.39, 0.29) is 11.9 Å². The maximum Gasteiger partial charge on any atom is 0.331 e. The van der Waals surface area contributed by atoms with E-state index in [1.165, 1.54) is 44.9 Å². The number of rotatable bonds is 1. The third-order valence-corrected chi connectivity index (χ3v) is 3.88. The fourth-order valence-corrected chi connectivity index (χ4v) is 2.58. The van der Waals surface area contributed by atoms with Crippen LogP contribution >= 0.6 is 0 Å². The molecule has 0 unspecified atom stereocenters. The maximum absolute atomic E-state index is 11.9. The highest BCUT2D eigenvalue weighted by molar-refractivity contribution is 5.98. The molecule has 21 heavy (non-hydrogen) atoms. The minimum Gasteiger partial charge on any atom is -0.460 e. The summed E-state index contributed by atoms with van der Waals surface area (Å²) < 4.78 is 10.5. The topological polar surface area (TPSA) is 52.6 Å². The van der Waals surface area contributed by atoms with E-state index in [0.717, 1.165) is 25.7 Å². The quantitative estimate of drug-likeness (QED) is 0.694. The molecule has 0 bridgehead atoms. The van der Waals surface area contributed by atoms with Gasteiger partial charge in [-0.25, -0.2) is 4.79 Å². The van der Waals surface area contributed by atoms with Gasteiger partial charge >= 0.3 is 5.97 Å². The van der Waals surface area contributed by atoms with E-state index in [1.54, 1.807) is 0 Å². The lowest BCUT2D eigenvalue weighted by molar-refractivity contribution is -0.142. The number of methoxy groups -OCH3 is 1. The van der Waals surface area contributed by atoms with Gasteiger partial charge in [0.15, 0.2) is 5.78 Å². The molecule has 0 aromatic carbocycles. The third kappa shape index (κ3) is 8.00. The number of carbonyl (C=O) groups excluding carboxylic acids is 2. The van der Waals surface area contributed by atoms with Crippen molar-refractivity contribution in [1.82, 2.24) is 0 Å². The average molecular weight is 296 g/mol. The van der Waals surface area contributed by atoms with Crippen molar-refractivity contribution in [2.75, 3.05) is 7.11 Å². The lowest BCUT2D eigenvalue weighted by Crippen LogP contribution is -2.21. The fraction of sp³-hybridized carbons (Fsp3) is 0.765. The van der Waals surface area contributed by atoms with Crippen molar-refractivity contribution < 1.29 is 19.1 Å². The van der Waals surface area contributed by atoms with Crippen LogP contribution in [0.25, 0.3) is 0 Å². The molecule has 0 spiro atoms. The molecule has 1 heterocycles. The van der Waals surface area contributed by atoms with Gasteiger partial charge in [-0.1, -0.05) is 38.5 Å². The van der Waals surface area contributed by atoms with Gasteiger partial charge in [-0.3, -0.25) is 4.79 Å². The lowest BCUT2D eigenvalue weighted by atomic mass is 10.0. The first-order chi connectivity index (χ1) is 10.1. The predicted molar refractivity (Wildman–Crippen MR) is 82.1 cm³/mol. The van der Waals surface area contributed by atoms with Crippen LogP contribution in [-0.2, 0) is 19.1 Å². The molecule has 0 saturated carbocycles. The van der Waals surface area contributed by atoms with Crippen LogP contribution in [0, 0.1) is 0 Å². The van der Waals surface area contributed by atoms with Gasteiger partial charge in [0.2, 0.25) is 0 Å². The summed E-state index contributed by atoms with van der Waals surface area (Å²) in [6.45, 7) is 1.90. The Morgan fingerprint density at radius 1 is 0.952 bits per heavy atom. The Kier molecular flexibility index (Phi) is 8.99. The van der Waals surface area contributed by atoms with Gasteiger partial charge in [0, 0.05) is 13.2 Å². The first kappa shape index (κ1) is 17.9. The van der Waals surface area contributed by atoms with E-state index in [2.05, 4.69) is 0 Å². The molecule has 1 aliphatic heterocycles. The van der Waals surface area contributed by atoms with Gasteiger partial charge in [-0.15, -0.1) is 0 Å². The normalized spacial score (nSPS) is 28.9. The number of hydrogen-bond donors (Lipinski definition) is 0. The number of carbonyl (C=O) groups is 2. The van der Waals surface area contributed by atoms with Gasteiger partial charge in [-0.05, 0) is 32.3 Å². The highest BCUT2D eigenvalue weighted by Gasteiger charge is 2.15. The number of hydrogen-bond acceptors (Lipinski definition) is 4. The molecule has 1 aliphatic rings. The Morgan fingerprint density at radius 2 is 1.52 bits per heavy atom. The molecule has 0 fully saturated rings. The summed E-state index contributed by atoms with van der Waals surface area (Å²) in [6.07, 6.45) is 11.6. The Bertz CT molecular complexity index is 349. The summed E-state index contributed by atoms with van der Waals surface area (Å²) in [5.74, 6) is -0.605. The van der Waals surface area contributed by atoms with Gasteiger partial charge in [0.25, 0.3) is 0 Å². The number of cyclic esters (lactones) is 1. The molecule has 0 aromatic rings. The van der Waals surface area contributed by atoms with Crippen molar-refractivity contribution in [2.45, 2.75) is 76.9 Å². The molecule has 4 heteroatoms. The average Bonchev–Trinajstić information content (AvgIpc) is 2.46. The van der Waals surface area contributed by atoms with Crippen molar-refractivity contribution in [3.05, 3.63) is 12.2 Å². The SMILES string of the molecule is CO[C@H]1CCCCCCCCC[C@@H](C)OC(=O)/C=C/C1=O. The second-order valence-electron chi connectivity index (χ2n) is 5.76. The number of esters is 1. The fourth-order valence-electron chi connectivity index (χ4n) is 2.58. The van der Waals surface area contributed by atoms with Crippen LogP contribution in [0.5, 0.6) is 0 Å². The van der Waals surface area contributed by atoms with Crippen molar-refractivity contribution >= 4 is 11.8 Å². The molecular formula is C17H28O4. The van der Waals surface area contributed by atoms with E-state index >= 15 is 0 Å². The number of ether oxygens (including phenoxy) is 2. The highest BCUT2D eigenvalue weighted by atomic mass is 16.5. The smallest absolute Gasteiger partial charge is 0.331 e. The molecule has 0 amide bonds. The van der Waals surface area contributed by atoms with E-state index in [4.69, 9.17) is 9.47 Å². The molecule has 0 N–H and O–H groups in total. The first-order valence-corrected chi connectivity index (χ1v) is 8.09. The van der Waals surface area contributed by atoms with Crippen LogP contribution in [0.1, 0.15) is 64.7 Å². The molecule has 4 nitrogen and oxygen atoms in total. The zero-order valence-corrected chi connectivity index (χ0v) is 13.3. The summed E-state index contributed by atoms with van der Waals surface area (Å²) in [5.41, 5.74) is 0. The van der Waals surface area contributed by atoms with Crippen LogP contribution in [0.2, 0.25) is 0 Å². The highest BCUT2D eigenvalue weighted by Crippen LogP contribution is 2.14. The van der Waals surface area contributed by atoms with Crippen molar-refractivity contribution in [2.24, 2.45) is 0 Å². The van der Waals surface area contributed by atoms with Crippen LogP contribution in [-0.4, -0.2) is 31.1 Å². The van der Waals surface area contributed by atoms with Crippen molar-refractivity contribution in [3.63, 3.8) is 0 Å². The largest absolute Gasteiger partial charge is 0.460 e. The third-order valence-electron chi connectivity index (χ3n) is 3.88. The summed E-state index contributed by atoms with van der Waals surface area (Å²) >= 11 is 0. The first-order valence-electron chi connectivity index (χ1n) is 8.09. The Balaban J connectivity index is 2.58. The van der Waals surface area contributed by atoms with Gasteiger partial charge in [-0.2, -0.15) is 0 Å². The van der Waals surface area contributed by atoms with Crippen LogP contribution in [0.15, 0.2) is 12.2 Å². The van der Waals surface area contributed by atoms with Crippen molar-refractivity contribution in [1.29, 1.82) is 0 Å². The molecular weight excluding hydrogens is 268 g/mol. The number of ketones is 1. The molecule has 0 saturated heterocycles. The molecule has 0 radical (unpaired) electrons. The Labute approximate surface area is 127 Å². The van der Waals surface area contributed by atoms with E-state index in [9.17, 15) is 9.59 Å². The molecule has 1 rings (SSSR count). The zero-order valence-electron chi connectivity index (χ0n) is 13.3. The summed E-state index contributed by atoms with van der Waals surface area (Å²) in [5, 5.41) is 0. The minimum absolute atomic E-state index is 0.0941. The molecule has 0 aliphatic carbocycles. The lowest BCUT2D eigenvalue weighted by Gasteiger charge is -2.13. The molecule has 0 aromatic heterocycles. The van der Waals surface area contributed by atoms with Gasteiger partial charge in [0.05, 0.1) is 6.10 Å². The second-order valence-corrected chi connectivity index (χ2v) is 5.76. The Morgan fingerprint density at radius 3 is 2.14 bits per heavy atom. The minimum atomic E-state index is -0.446. The van der Waals surface area contributed by atoms with Crippen molar-refractivity contribution in [3.8, 4) is 0 Å². The van der Waals surface area contributed by atoms with Gasteiger partial charge in [0.1, 0.15) is 6.10 Å². The second kappa shape index (κ2) is 10.6. The monoisotopic (exact) mass is 296 g/mol. The maximum atomic E-state index is 11.9. The predicted octanol–water partition coefficient (Wildman–Crippen LogP) is 3.58. The standard InChI is InChI=1S/C17H28O4/c1-14-10-8-6-4-3-5-7-9-11-16(20-2)15(18)12-13-17(19)21-14/h12-14,16H,3-11H2,1-2H3/b13-12+/t14-,16+/m1/s1. The van der Waals surface area contributed by atoms with Crippen LogP contribution in [0.3, 0.4) is 0 Å². The van der Waals surface area contributed by atoms with Crippen LogP contribution < -0.4 is 0 Å². The van der Waals surface area contributed by atoms with Gasteiger partial charge < -0.3 is 9.47 Å². The summed E-state index contributed by atoms with van der Waals surface area (Å²) in [6, 6.07) is 0. The van der Waals surface area contributed by atoms with E-state index < -0.39 is 12.1 Å². The van der Waals surface area contributed by atoms with Crippen LogP contribution in [0.4, 0.5) is 0 Å². The molecule has 120 valence electrons. The summed E-state index contributed by atoms with van der Waals surface area (Å²) in [4.78, 5) is 23.6.